The molecule has 7 aromatic carbocycles. The molecule has 49 heavy (non-hydrogen) atoms. The SMILES string of the molecule is c1ccc(-c2ccc(N(c3ccc4c(c3)-c3ccccc3C43C4CC5CC(C4)CC3C5)c3cc4ccccc4c4ccccc34)cc2)cc1. The van der Waals surface area contributed by atoms with Gasteiger partial charge in [0.15, 0.2) is 0 Å². The minimum Gasteiger partial charge on any atom is -0.310 e. The van der Waals surface area contributed by atoms with Gasteiger partial charge in [-0.2, -0.15) is 0 Å². The molecule has 12 rings (SSSR count). The number of benzene rings is 7. The average Bonchev–Trinajstić information content (AvgIpc) is 3.44. The van der Waals surface area contributed by atoms with Gasteiger partial charge in [0.05, 0.1) is 5.69 Å². The van der Waals surface area contributed by atoms with Crippen molar-refractivity contribution >= 4 is 38.6 Å². The van der Waals surface area contributed by atoms with Gasteiger partial charge in [0.2, 0.25) is 0 Å². The molecule has 1 heteroatoms. The third kappa shape index (κ3) is 3.93. The molecule has 0 aliphatic heterocycles. The summed E-state index contributed by atoms with van der Waals surface area (Å²) in [5.41, 5.74) is 12.4. The predicted octanol–water partition coefficient (Wildman–Crippen LogP) is 12.9. The number of rotatable bonds is 4. The van der Waals surface area contributed by atoms with Crippen molar-refractivity contribution in [3.05, 3.63) is 163 Å². The van der Waals surface area contributed by atoms with Crippen molar-refractivity contribution in [1.29, 1.82) is 0 Å². The summed E-state index contributed by atoms with van der Waals surface area (Å²) in [6, 6.07) is 57.1. The van der Waals surface area contributed by atoms with Crippen molar-refractivity contribution in [3.8, 4) is 22.3 Å². The number of fused-ring (bicyclic) bond motifs is 6. The van der Waals surface area contributed by atoms with Crippen molar-refractivity contribution in [2.24, 2.45) is 23.7 Å². The maximum atomic E-state index is 2.56. The molecule has 0 atom stereocenters. The smallest absolute Gasteiger partial charge is 0.0546 e. The number of hydrogen-bond acceptors (Lipinski definition) is 1. The van der Waals surface area contributed by atoms with Gasteiger partial charge in [0, 0.05) is 22.2 Å². The summed E-state index contributed by atoms with van der Waals surface area (Å²) in [6.45, 7) is 0. The summed E-state index contributed by atoms with van der Waals surface area (Å²) in [7, 11) is 0. The van der Waals surface area contributed by atoms with E-state index in [-0.39, 0.29) is 5.41 Å². The molecular formula is C48H39N. The Balaban J connectivity index is 1.14. The predicted molar refractivity (Wildman–Crippen MR) is 205 cm³/mol. The Hall–Kier alpha value is -5.14. The van der Waals surface area contributed by atoms with Crippen LogP contribution in [0.1, 0.15) is 43.2 Å². The highest BCUT2D eigenvalue weighted by atomic mass is 15.1. The standard InChI is InChI=1S/C48H39N/c1-2-10-33(11-3-1)34-18-20-38(21-19-34)49(47-29-35-12-4-5-13-40(35)41-14-6-7-16-43(41)47)39-22-23-46-44(30-39)42-15-8-9-17-45(42)48(46)36-25-31-24-32(27-36)28-37(48)26-31/h1-23,29-32,36-37H,24-28H2. The molecule has 0 amide bonds. The van der Waals surface area contributed by atoms with E-state index in [1.54, 1.807) is 11.1 Å². The Bertz CT molecular complexity index is 2370. The number of anilines is 3. The van der Waals surface area contributed by atoms with Gasteiger partial charge in [0.25, 0.3) is 0 Å². The Morgan fingerprint density at radius 3 is 1.80 bits per heavy atom. The summed E-state index contributed by atoms with van der Waals surface area (Å²) < 4.78 is 0. The normalized spacial score (nSPS) is 24.4. The molecule has 4 saturated carbocycles. The van der Waals surface area contributed by atoms with Gasteiger partial charge in [-0.1, -0.05) is 121 Å². The number of nitrogens with zero attached hydrogens (tertiary/aromatic N) is 1. The minimum atomic E-state index is 0.176. The van der Waals surface area contributed by atoms with Crippen LogP contribution in [0, 0.1) is 23.7 Å². The van der Waals surface area contributed by atoms with E-state index in [1.165, 1.54) is 93.0 Å². The molecule has 0 radical (unpaired) electrons. The second-order valence-electron chi connectivity index (χ2n) is 15.4. The highest BCUT2D eigenvalue weighted by molar-refractivity contribution is 6.14. The minimum absolute atomic E-state index is 0.176. The fraction of sp³-hybridized carbons (Fsp3) is 0.208. The molecule has 7 aromatic rings. The molecule has 1 nitrogen and oxygen atoms in total. The van der Waals surface area contributed by atoms with Crippen LogP contribution in [0.3, 0.4) is 0 Å². The van der Waals surface area contributed by atoms with Gasteiger partial charge in [-0.15, -0.1) is 0 Å². The lowest BCUT2D eigenvalue weighted by atomic mass is 9.43. The van der Waals surface area contributed by atoms with Crippen LogP contribution in [-0.2, 0) is 5.41 Å². The topological polar surface area (TPSA) is 3.24 Å². The maximum Gasteiger partial charge on any atom is 0.0546 e. The molecule has 236 valence electrons. The van der Waals surface area contributed by atoms with Gasteiger partial charge in [-0.05, 0) is 136 Å². The van der Waals surface area contributed by atoms with E-state index in [2.05, 4.69) is 157 Å². The third-order valence-electron chi connectivity index (χ3n) is 13.0. The first kappa shape index (κ1) is 27.8. The third-order valence-corrected chi connectivity index (χ3v) is 13.0. The van der Waals surface area contributed by atoms with Crippen LogP contribution in [0.15, 0.2) is 152 Å². The Labute approximate surface area is 288 Å². The fourth-order valence-electron chi connectivity index (χ4n) is 11.4. The second kappa shape index (κ2) is 10.4. The monoisotopic (exact) mass is 629 g/mol. The quantitative estimate of drug-likeness (QED) is 0.175. The van der Waals surface area contributed by atoms with Gasteiger partial charge in [-0.3, -0.25) is 0 Å². The lowest BCUT2D eigenvalue weighted by Crippen LogP contribution is -2.55. The molecule has 0 N–H and O–H groups in total. The first-order chi connectivity index (χ1) is 24.3. The first-order valence-corrected chi connectivity index (χ1v) is 18.4. The van der Waals surface area contributed by atoms with Crippen LogP contribution in [0.25, 0.3) is 43.8 Å². The molecule has 0 aromatic heterocycles. The molecular weight excluding hydrogens is 591 g/mol. The van der Waals surface area contributed by atoms with Crippen LogP contribution < -0.4 is 4.90 Å². The van der Waals surface area contributed by atoms with Gasteiger partial charge in [0.1, 0.15) is 0 Å². The Morgan fingerprint density at radius 1 is 0.429 bits per heavy atom. The maximum absolute atomic E-state index is 2.56. The lowest BCUT2D eigenvalue weighted by Gasteiger charge is -2.61. The second-order valence-corrected chi connectivity index (χ2v) is 15.4. The fourth-order valence-corrected chi connectivity index (χ4v) is 11.4. The molecule has 4 fully saturated rings. The molecule has 5 aliphatic rings. The van der Waals surface area contributed by atoms with E-state index in [1.807, 2.05) is 0 Å². The van der Waals surface area contributed by atoms with E-state index >= 15 is 0 Å². The van der Waals surface area contributed by atoms with Crippen LogP contribution in [0.4, 0.5) is 17.1 Å². The number of hydrogen-bond donors (Lipinski definition) is 0. The van der Waals surface area contributed by atoms with E-state index in [0.29, 0.717) is 0 Å². The zero-order chi connectivity index (χ0) is 32.1. The summed E-state index contributed by atoms with van der Waals surface area (Å²) in [6.07, 6.45) is 7.11. The molecule has 0 heterocycles. The molecule has 0 saturated heterocycles. The lowest BCUT2D eigenvalue weighted by molar-refractivity contribution is -0.0399. The Kier molecular flexibility index (Phi) is 5.91. The van der Waals surface area contributed by atoms with Crippen molar-refractivity contribution in [3.63, 3.8) is 0 Å². The summed E-state index contributed by atoms with van der Waals surface area (Å²) in [5.74, 6) is 3.42. The molecule has 4 bridgehead atoms. The first-order valence-electron chi connectivity index (χ1n) is 18.4. The zero-order valence-electron chi connectivity index (χ0n) is 27.7. The summed E-state index contributed by atoms with van der Waals surface area (Å²) >= 11 is 0. The van der Waals surface area contributed by atoms with E-state index in [9.17, 15) is 0 Å². The average molecular weight is 630 g/mol. The summed E-state index contributed by atoms with van der Waals surface area (Å²) in [4.78, 5) is 2.52. The van der Waals surface area contributed by atoms with Crippen molar-refractivity contribution < 1.29 is 0 Å². The largest absolute Gasteiger partial charge is 0.310 e. The van der Waals surface area contributed by atoms with Crippen LogP contribution >= 0.6 is 0 Å². The molecule has 0 unspecified atom stereocenters. The highest BCUT2D eigenvalue weighted by Gasteiger charge is 2.61. The van der Waals surface area contributed by atoms with Crippen molar-refractivity contribution in [2.75, 3.05) is 4.90 Å². The van der Waals surface area contributed by atoms with E-state index in [0.717, 1.165) is 23.7 Å². The van der Waals surface area contributed by atoms with Crippen LogP contribution in [0.5, 0.6) is 0 Å². The Morgan fingerprint density at radius 2 is 1.02 bits per heavy atom. The zero-order valence-corrected chi connectivity index (χ0v) is 27.7. The summed E-state index contributed by atoms with van der Waals surface area (Å²) in [5, 5.41) is 5.13. The van der Waals surface area contributed by atoms with Crippen molar-refractivity contribution in [2.45, 2.75) is 37.5 Å². The van der Waals surface area contributed by atoms with Crippen LogP contribution in [-0.4, -0.2) is 0 Å². The highest BCUT2D eigenvalue weighted by Crippen LogP contribution is 2.69. The molecule has 1 spiro atoms. The van der Waals surface area contributed by atoms with E-state index < -0.39 is 0 Å². The van der Waals surface area contributed by atoms with Crippen LogP contribution in [0.2, 0.25) is 0 Å². The van der Waals surface area contributed by atoms with Crippen molar-refractivity contribution in [1.82, 2.24) is 0 Å². The van der Waals surface area contributed by atoms with Gasteiger partial charge < -0.3 is 4.90 Å². The van der Waals surface area contributed by atoms with Gasteiger partial charge in [-0.25, -0.2) is 0 Å². The molecule has 5 aliphatic carbocycles. The van der Waals surface area contributed by atoms with E-state index in [4.69, 9.17) is 0 Å². The van der Waals surface area contributed by atoms with Gasteiger partial charge >= 0.3 is 0 Å².